The molecular weight excluding hydrogens is 487 g/mol. The summed E-state index contributed by atoms with van der Waals surface area (Å²) in [6.07, 6.45) is -5.05. The first kappa shape index (κ1) is 26.9. The molecule has 8 nitrogen and oxygen atoms in total. The molecule has 12 heteroatoms. The third-order valence-electron chi connectivity index (χ3n) is 5.61. The largest absolute Gasteiger partial charge is 0.497 e. The predicted molar refractivity (Wildman–Crippen MR) is 122 cm³/mol. The van der Waals surface area contributed by atoms with Crippen LogP contribution in [0.25, 0.3) is 0 Å². The monoisotopic (exact) mass is 515 g/mol. The zero-order valence-corrected chi connectivity index (χ0v) is 20.0. The number of alkyl halides is 3. The van der Waals surface area contributed by atoms with Crippen LogP contribution in [0.2, 0.25) is 0 Å². The molecule has 0 bridgehead atoms. The van der Waals surface area contributed by atoms with Crippen LogP contribution in [0.3, 0.4) is 0 Å². The molecule has 0 unspecified atom stereocenters. The molecule has 1 heterocycles. The highest BCUT2D eigenvalue weighted by atomic mass is 32.2. The Bertz CT molecular complexity index is 1090. The highest BCUT2D eigenvalue weighted by Crippen LogP contribution is 2.33. The number of hydrogen-bond donors (Lipinski definition) is 2. The molecule has 2 aromatic rings. The van der Waals surface area contributed by atoms with Gasteiger partial charge in [-0.05, 0) is 29.8 Å². The van der Waals surface area contributed by atoms with E-state index in [0.717, 1.165) is 17.7 Å². The molecule has 3 rings (SSSR count). The van der Waals surface area contributed by atoms with Crippen LogP contribution in [0.1, 0.15) is 23.6 Å². The predicted octanol–water partition coefficient (Wildman–Crippen LogP) is 2.57. The lowest BCUT2D eigenvalue weighted by atomic mass is 10.0. The number of nitrogens with zero attached hydrogens (tertiary/aromatic N) is 1. The van der Waals surface area contributed by atoms with E-state index in [4.69, 9.17) is 9.47 Å². The van der Waals surface area contributed by atoms with Gasteiger partial charge in [-0.1, -0.05) is 24.3 Å². The van der Waals surface area contributed by atoms with Crippen molar-refractivity contribution in [3.63, 3.8) is 0 Å². The second-order valence-electron chi connectivity index (χ2n) is 7.88. The van der Waals surface area contributed by atoms with Gasteiger partial charge < -0.3 is 14.8 Å². The minimum absolute atomic E-state index is 0.135. The van der Waals surface area contributed by atoms with E-state index in [-0.39, 0.29) is 25.6 Å². The lowest BCUT2D eigenvalue weighted by Crippen LogP contribution is -2.44. The number of carbonyl (C=O) groups is 1. The Labute approximate surface area is 202 Å². The third kappa shape index (κ3) is 7.40. The number of carbonyl (C=O) groups excluding carboxylic acids is 1. The summed E-state index contributed by atoms with van der Waals surface area (Å²) < 4.78 is 77.0. The second kappa shape index (κ2) is 11.8. The summed E-state index contributed by atoms with van der Waals surface area (Å²) in [5, 5.41) is 2.80. The van der Waals surface area contributed by atoms with Crippen LogP contribution in [0, 0.1) is 0 Å². The van der Waals surface area contributed by atoms with Crippen molar-refractivity contribution in [3.8, 4) is 5.75 Å². The quantitative estimate of drug-likeness (QED) is 0.505. The van der Waals surface area contributed by atoms with Gasteiger partial charge in [-0.3, -0.25) is 9.69 Å². The smallest absolute Gasteiger partial charge is 0.417 e. The van der Waals surface area contributed by atoms with Gasteiger partial charge in [-0.25, -0.2) is 13.1 Å². The average molecular weight is 516 g/mol. The SMILES string of the molecule is COc1ccc([C@@H](CNC(=O)CCNS(=O)(=O)c2ccccc2C(F)(F)F)N2CCOCC2)cc1. The summed E-state index contributed by atoms with van der Waals surface area (Å²) >= 11 is 0. The molecule has 2 N–H and O–H groups in total. The summed E-state index contributed by atoms with van der Waals surface area (Å²) in [5.74, 6) is 0.279. The van der Waals surface area contributed by atoms with Gasteiger partial charge in [-0.2, -0.15) is 13.2 Å². The molecular formula is C23H28F3N3O5S. The molecule has 0 spiro atoms. The number of methoxy groups -OCH3 is 1. The molecule has 1 atom stereocenters. The van der Waals surface area contributed by atoms with Crippen molar-refractivity contribution in [1.82, 2.24) is 14.9 Å². The van der Waals surface area contributed by atoms with Gasteiger partial charge in [0.2, 0.25) is 15.9 Å². The number of halogens is 3. The molecule has 1 aliphatic rings. The molecule has 0 saturated carbocycles. The van der Waals surface area contributed by atoms with E-state index in [1.807, 2.05) is 24.3 Å². The summed E-state index contributed by atoms with van der Waals surface area (Å²) in [7, 11) is -2.88. The fraction of sp³-hybridized carbons (Fsp3) is 0.435. The lowest BCUT2D eigenvalue weighted by Gasteiger charge is -2.35. The van der Waals surface area contributed by atoms with Gasteiger partial charge in [0, 0.05) is 32.6 Å². The summed E-state index contributed by atoms with van der Waals surface area (Å²) in [6.45, 7) is 2.44. The minimum Gasteiger partial charge on any atom is -0.497 e. The Morgan fingerprint density at radius 3 is 2.40 bits per heavy atom. The fourth-order valence-electron chi connectivity index (χ4n) is 3.78. The van der Waals surface area contributed by atoms with Crippen LogP contribution in [-0.4, -0.2) is 65.7 Å². The van der Waals surface area contributed by atoms with Gasteiger partial charge in [0.15, 0.2) is 0 Å². The van der Waals surface area contributed by atoms with Crippen LogP contribution < -0.4 is 14.8 Å². The van der Waals surface area contributed by atoms with E-state index in [1.54, 1.807) is 7.11 Å². The Morgan fingerprint density at radius 2 is 1.77 bits per heavy atom. The van der Waals surface area contributed by atoms with Crippen molar-refractivity contribution in [2.45, 2.75) is 23.5 Å². The summed E-state index contributed by atoms with van der Waals surface area (Å²) in [5.41, 5.74) is -0.290. The number of rotatable bonds is 10. The maximum atomic E-state index is 13.2. The van der Waals surface area contributed by atoms with E-state index in [2.05, 4.69) is 14.9 Å². The third-order valence-corrected chi connectivity index (χ3v) is 7.12. The number of hydrogen-bond acceptors (Lipinski definition) is 6. The summed E-state index contributed by atoms with van der Waals surface area (Å²) in [6, 6.07) is 11.3. The Kier molecular flexibility index (Phi) is 9.11. The number of sulfonamides is 1. The van der Waals surface area contributed by atoms with Crippen LogP contribution in [0.4, 0.5) is 13.2 Å². The molecule has 0 aliphatic carbocycles. The number of nitrogens with one attached hydrogen (secondary N) is 2. The fourth-order valence-corrected chi connectivity index (χ4v) is 5.04. The molecule has 35 heavy (non-hydrogen) atoms. The highest BCUT2D eigenvalue weighted by molar-refractivity contribution is 7.89. The number of benzene rings is 2. The average Bonchev–Trinajstić information content (AvgIpc) is 2.84. The van der Waals surface area contributed by atoms with Crippen LogP contribution in [-0.2, 0) is 25.7 Å². The Hall–Kier alpha value is -2.67. The first-order valence-corrected chi connectivity index (χ1v) is 12.5. The van der Waals surface area contributed by atoms with Gasteiger partial charge in [-0.15, -0.1) is 0 Å². The van der Waals surface area contributed by atoms with Gasteiger partial charge in [0.25, 0.3) is 0 Å². The van der Waals surface area contributed by atoms with Crippen LogP contribution in [0.5, 0.6) is 5.75 Å². The van der Waals surface area contributed by atoms with E-state index < -0.39 is 32.6 Å². The lowest BCUT2D eigenvalue weighted by molar-refractivity contribution is -0.139. The molecule has 1 saturated heterocycles. The van der Waals surface area contributed by atoms with Crippen molar-refractivity contribution in [1.29, 1.82) is 0 Å². The van der Waals surface area contributed by atoms with Gasteiger partial charge in [0.05, 0.1) is 36.8 Å². The zero-order chi connectivity index (χ0) is 25.5. The van der Waals surface area contributed by atoms with E-state index in [1.165, 1.54) is 6.07 Å². The number of amides is 1. The van der Waals surface area contributed by atoms with Crippen LogP contribution in [0.15, 0.2) is 53.4 Å². The number of morpholine rings is 1. The maximum Gasteiger partial charge on any atom is 0.417 e. The zero-order valence-electron chi connectivity index (χ0n) is 19.2. The molecule has 0 aromatic heterocycles. The second-order valence-corrected chi connectivity index (χ2v) is 9.62. The molecule has 0 radical (unpaired) electrons. The maximum absolute atomic E-state index is 13.2. The highest BCUT2D eigenvalue weighted by Gasteiger charge is 2.36. The molecule has 1 aliphatic heterocycles. The van der Waals surface area contributed by atoms with Crippen molar-refractivity contribution in [2.24, 2.45) is 0 Å². The van der Waals surface area contributed by atoms with Crippen molar-refractivity contribution >= 4 is 15.9 Å². The van der Waals surface area contributed by atoms with Crippen LogP contribution >= 0.6 is 0 Å². The summed E-state index contributed by atoms with van der Waals surface area (Å²) in [4.78, 5) is 13.7. The number of ether oxygens (including phenoxy) is 2. The first-order valence-electron chi connectivity index (χ1n) is 11.0. The normalized spacial score (nSPS) is 16.0. The topological polar surface area (TPSA) is 97.0 Å². The van der Waals surface area contributed by atoms with E-state index in [9.17, 15) is 26.4 Å². The van der Waals surface area contributed by atoms with Gasteiger partial charge >= 0.3 is 6.18 Å². The Morgan fingerprint density at radius 1 is 1.11 bits per heavy atom. The van der Waals surface area contributed by atoms with Crippen molar-refractivity contribution in [3.05, 3.63) is 59.7 Å². The van der Waals surface area contributed by atoms with Crippen molar-refractivity contribution in [2.75, 3.05) is 46.5 Å². The molecule has 1 fully saturated rings. The van der Waals surface area contributed by atoms with Gasteiger partial charge in [0.1, 0.15) is 5.75 Å². The Balaban J connectivity index is 1.59. The molecule has 2 aromatic carbocycles. The minimum atomic E-state index is -4.82. The molecule has 192 valence electrons. The standard InChI is InChI=1S/C23H28F3N3O5S/c1-33-18-8-6-17(7-9-18)20(29-12-14-34-15-13-29)16-27-22(30)10-11-28-35(31,32)21-5-3-2-4-19(21)23(24,25)26/h2-9,20,28H,10-16H2,1H3,(H,27,30)/t20-/m1/s1. The van der Waals surface area contributed by atoms with Crippen molar-refractivity contribution < 1.29 is 35.9 Å². The van der Waals surface area contributed by atoms with E-state index in [0.29, 0.717) is 38.1 Å². The van der Waals surface area contributed by atoms with E-state index >= 15 is 0 Å². The first-order chi connectivity index (χ1) is 16.6. The molecule has 1 amide bonds.